The minimum atomic E-state index is 0.110. The van der Waals surface area contributed by atoms with Crippen molar-refractivity contribution in [2.45, 2.75) is 44.9 Å². The second-order valence-corrected chi connectivity index (χ2v) is 4.53. The number of carbonyl (C=O) groups is 1. The molecule has 1 aliphatic rings. The van der Waals surface area contributed by atoms with Gasteiger partial charge in [0, 0.05) is 6.54 Å². The van der Waals surface area contributed by atoms with Crippen LogP contribution in [0.5, 0.6) is 0 Å². The average Bonchev–Trinajstić information content (AvgIpc) is 2.70. The van der Waals surface area contributed by atoms with Crippen LogP contribution in [-0.4, -0.2) is 26.0 Å². The molecule has 0 aliphatic heterocycles. The molecule has 3 heteroatoms. The molecular weight excluding hydrogens is 188 g/mol. The first-order valence-electron chi connectivity index (χ1n) is 6.24. The molecule has 0 aromatic carbocycles. The van der Waals surface area contributed by atoms with Gasteiger partial charge < -0.3 is 10.6 Å². The highest BCUT2D eigenvalue weighted by Crippen LogP contribution is 2.28. The van der Waals surface area contributed by atoms with Gasteiger partial charge in [-0.05, 0) is 19.4 Å². The minimum Gasteiger partial charge on any atom is -0.355 e. The number of likely N-dealkylation sites (N-methyl/N-ethyl adjacent to an activating group) is 1. The maximum absolute atomic E-state index is 11.1. The largest absolute Gasteiger partial charge is 0.355 e. The fourth-order valence-corrected chi connectivity index (χ4v) is 2.31. The molecule has 1 aliphatic carbocycles. The average molecular weight is 212 g/mol. The van der Waals surface area contributed by atoms with Gasteiger partial charge in [0.15, 0.2) is 0 Å². The second-order valence-electron chi connectivity index (χ2n) is 4.53. The van der Waals surface area contributed by atoms with E-state index >= 15 is 0 Å². The number of hydrogen-bond acceptors (Lipinski definition) is 2. The lowest BCUT2D eigenvalue weighted by Crippen LogP contribution is -2.32. The van der Waals surface area contributed by atoms with Crippen molar-refractivity contribution < 1.29 is 4.79 Å². The molecule has 0 spiro atoms. The smallest absolute Gasteiger partial charge is 0.233 e. The zero-order valence-electron chi connectivity index (χ0n) is 9.85. The maximum atomic E-state index is 11.1. The molecule has 0 aromatic rings. The van der Waals surface area contributed by atoms with Crippen molar-refractivity contribution in [2.75, 3.05) is 20.1 Å². The van der Waals surface area contributed by atoms with Gasteiger partial charge >= 0.3 is 0 Å². The fraction of sp³-hybridized carbons (Fsp3) is 0.917. The molecule has 0 radical (unpaired) electrons. The molecule has 1 saturated carbocycles. The van der Waals surface area contributed by atoms with E-state index in [-0.39, 0.29) is 5.91 Å². The fourth-order valence-electron chi connectivity index (χ4n) is 2.31. The Hall–Kier alpha value is -0.570. The van der Waals surface area contributed by atoms with Crippen molar-refractivity contribution >= 4 is 5.91 Å². The Morgan fingerprint density at radius 2 is 2.00 bits per heavy atom. The third kappa shape index (κ3) is 5.78. The van der Waals surface area contributed by atoms with Crippen molar-refractivity contribution in [1.82, 2.24) is 10.6 Å². The van der Waals surface area contributed by atoms with Crippen molar-refractivity contribution in [3.05, 3.63) is 0 Å². The minimum absolute atomic E-state index is 0.110. The summed E-state index contributed by atoms with van der Waals surface area (Å²) in [6.45, 7) is 1.27. The van der Waals surface area contributed by atoms with E-state index in [1.807, 2.05) is 0 Å². The van der Waals surface area contributed by atoms with Crippen molar-refractivity contribution in [3.63, 3.8) is 0 Å². The molecule has 0 bridgehead atoms. The highest BCUT2D eigenvalue weighted by atomic mass is 16.1. The zero-order valence-corrected chi connectivity index (χ0v) is 9.85. The maximum Gasteiger partial charge on any atom is 0.233 e. The molecule has 0 saturated heterocycles. The van der Waals surface area contributed by atoms with Crippen LogP contribution in [0.2, 0.25) is 0 Å². The highest BCUT2D eigenvalue weighted by molar-refractivity contribution is 5.77. The number of nitrogens with one attached hydrogen (secondary N) is 2. The van der Waals surface area contributed by atoms with Crippen LogP contribution < -0.4 is 10.6 Å². The molecule has 0 unspecified atom stereocenters. The summed E-state index contributed by atoms with van der Waals surface area (Å²) >= 11 is 0. The first-order chi connectivity index (χ1) is 7.33. The van der Waals surface area contributed by atoms with E-state index in [9.17, 15) is 4.79 Å². The lowest BCUT2D eigenvalue weighted by atomic mass is 10.0. The van der Waals surface area contributed by atoms with E-state index in [1.54, 1.807) is 7.05 Å². The van der Waals surface area contributed by atoms with E-state index in [0.717, 1.165) is 18.9 Å². The molecule has 0 heterocycles. The number of hydrogen-bond donors (Lipinski definition) is 2. The molecule has 2 N–H and O–H groups in total. The van der Waals surface area contributed by atoms with Gasteiger partial charge in [-0.25, -0.2) is 0 Å². The van der Waals surface area contributed by atoms with Gasteiger partial charge in [-0.3, -0.25) is 4.79 Å². The predicted octanol–water partition coefficient (Wildman–Crippen LogP) is 1.68. The molecule has 1 fully saturated rings. The van der Waals surface area contributed by atoms with Gasteiger partial charge in [0.2, 0.25) is 5.91 Å². The number of rotatable bonds is 7. The summed E-state index contributed by atoms with van der Waals surface area (Å²) in [4.78, 5) is 11.1. The molecule has 1 rings (SSSR count). The van der Waals surface area contributed by atoms with Crippen molar-refractivity contribution in [3.8, 4) is 0 Å². The lowest BCUT2D eigenvalue weighted by Gasteiger charge is -2.08. The Balaban J connectivity index is 1.86. The number of amides is 1. The van der Waals surface area contributed by atoms with E-state index in [0.29, 0.717) is 6.54 Å². The van der Waals surface area contributed by atoms with E-state index in [4.69, 9.17) is 0 Å². The quantitative estimate of drug-likeness (QED) is 0.630. The molecule has 0 aromatic heterocycles. The molecule has 3 nitrogen and oxygen atoms in total. The van der Waals surface area contributed by atoms with Crippen LogP contribution in [0.15, 0.2) is 0 Å². The van der Waals surface area contributed by atoms with Gasteiger partial charge in [0.1, 0.15) is 0 Å². The molecule has 0 atom stereocenters. The predicted molar refractivity (Wildman–Crippen MR) is 62.7 cm³/mol. The highest BCUT2D eigenvalue weighted by Gasteiger charge is 2.13. The summed E-state index contributed by atoms with van der Waals surface area (Å²) in [5, 5.41) is 5.75. The monoisotopic (exact) mass is 212 g/mol. The third-order valence-corrected chi connectivity index (χ3v) is 3.17. The van der Waals surface area contributed by atoms with Crippen LogP contribution in [0.4, 0.5) is 0 Å². The van der Waals surface area contributed by atoms with E-state index in [2.05, 4.69) is 10.6 Å². The summed E-state index contributed by atoms with van der Waals surface area (Å²) < 4.78 is 0. The van der Waals surface area contributed by atoms with E-state index in [1.165, 1.54) is 38.5 Å². The first-order valence-corrected chi connectivity index (χ1v) is 6.24. The Morgan fingerprint density at radius 1 is 1.27 bits per heavy atom. The topological polar surface area (TPSA) is 41.1 Å². The Kier molecular flexibility index (Phi) is 6.41. The Morgan fingerprint density at radius 3 is 2.67 bits per heavy atom. The Bertz CT molecular complexity index is 176. The van der Waals surface area contributed by atoms with E-state index < -0.39 is 0 Å². The van der Waals surface area contributed by atoms with Crippen LogP contribution in [-0.2, 0) is 4.79 Å². The van der Waals surface area contributed by atoms with Crippen LogP contribution in [0, 0.1) is 5.92 Å². The van der Waals surface area contributed by atoms with Gasteiger partial charge in [0.25, 0.3) is 0 Å². The number of carbonyl (C=O) groups excluding carboxylic acids is 1. The first kappa shape index (κ1) is 12.5. The van der Waals surface area contributed by atoms with Crippen molar-refractivity contribution in [1.29, 1.82) is 0 Å². The Labute approximate surface area is 93.0 Å². The van der Waals surface area contributed by atoms with Crippen LogP contribution in [0.25, 0.3) is 0 Å². The van der Waals surface area contributed by atoms with Crippen LogP contribution >= 0.6 is 0 Å². The van der Waals surface area contributed by atoms with Gasteiger partial charge in [-0.1, -0.05) is 38.5 Å². The molecule has 88 valence electrons. The summed E-state index contributed by atoms with van der Waals surface area (Å²) in [6, 6.07) is 0. The van der Waals surface area contributed by atoms with Crippen LogP contribution in [0.3, 0.4) is 0 Å². The zero-order chi connectivity index (χ0) is 10.9. The van der Waals surface area contributed by atoms with Crippen molar-refractivity contribution in [2.24, 2.45) is 5.92 Å². The van der Waals surface area contributed by atoms with Crippen LogP contribution in [0.1, 0.15) is 44.9 Å². The SMILES string of the molecule is CNCC(=O)NCCCCC1CCCC1. The normalized spacial score (nSPS) is 16.9. The standard InChI is InChI=1S/C12H24N2O/c1-13-10-12(15)14-9-5-4-8-11-6-2-3-7-11/h11,13H,2-10H2,1H3,(H,14,15). The number of unbranched alkanes of at least 4 members (excludes halogenated alkanes) is 1. The third-order valence-electron chi connectivity index (χ3n) is 3.17. The van der Waals surface area contributed by atoms with Gasteiger partial charge in [-0.2, -0.15) is 0 Å². The molecule has 15 heavy (non-hydrogen) atoms. The lowest BCUT2D eigenvalue weighted by molar-refractivity contribution is -0.120. The molecule has 1 amide bonds. The summed E-state index contributed by atoms with van der Waals surface area (Å²) in [6.07, 6.45) is 9.50. The second kappa shape index (κ2) is 7.69. The molecular formula is C12H24N2O. The summed E-state index contributed by atoms with van der Waals surface area (Å²) in [7, 11) is 1.79. The summed E-state index contributed by atoms with van der Waals surface area (Å²) in [5.41, 5.74) is 0. The summed E-state index contributed by atoms with van der Waals surface area (Å²) in [5.74, 6) is 1.09. The van der Waals surface area contributed by atoms with Gasteiger partial charge in [0.05, 0.1) is 6.54 Å². The van der Waals surface area contributed by atoms with Gasteiger partial charge in [-0.15, -0.1) is 0 Å².